The van der Waals surface area contributed by atoms with E-state index in [1.807, 2.05) is 0 Å². The molecule has 0 aromatic carbocycles. The summed E-state index contributed by atoms with van der Waals surface area (Å²) in [5.41, 5.74) is 2.25. The molecule has 0 saturated carbocycles. The van der Waals surface area contributed by atoms with E-state index in [1.165, 1.54) is 12.1 Å². The molecule has 0 radical (unpaired) electrons. The summed E-state index contributed by atoms with van der Waals surface area (Å²) >= 11 is 0. The Kier molecular flexibility index (Phi) is 5.72. The molecule has 1 heterocycles. The van der Waals surface area contributed by atoms with Crippen LogP contribution in [0.25, 0.3) is 0 Å². The molecule has 0 spiro atoms. The molecule has 1 aromatic rings. The van der Waals surface area contributed by atoms with Gasteiger partial charge < -0.3 is 5.43 Å². The number of unbranched alkanes of at least 4 members (excludes halogenated alkanes) is 1. The van der Waals surface area contributed by atoms with Gasteiger partial charge in [-0.05, 0) is 25.0 Å². The van der Waals surface area contributed by atoms with Crippen LogP contribution in [0.1, 0.15) is 19.3 Å². The largest absolute Gasteiger partial charge is 0.389 e. The third-order valence-corrected chi connectivity index (χ3v) is 3.82. The topological polar surface area (TPSA) is 97.1 Å². The van der Waals surface area contributed by atoms with Gasteiger partial charge in [0, 0.05) is 19.2 Å². The average Bonchev–Trinajstić information content (AvgIpc) is 2.37. The lowest BCUT2D eigenvalue weighted by Gasteiger charge is -2.08. The number of hydrogen-bond donors (Lipinski definition) is 3. The first-order valence-electron chi connectivity index (χ1n) is 5.74. The minimum Gasteiger partial charge on any atom is -0.308 e. The highest BCUT2D eigenvalue weighted by Crippen LogP contribution is 2.22. The molecule has 0 fully saturated rings. The molecule has 4 N–H and O–H groups in total. The summed E-state index contributed by atoms with van der Waals surface area (Å²) in [5, 5.41) is 0. The van der Waals surface area contributed by atoms with Crippen molar-refractivity contribution in [1.82, 2.24) is 9.71 Å². The van der Waals surface area contributed by atoms with Gasteiger partial charge in [-0.1, -0.05) is 0 Å². The number of alkyl halides is 3. The lowest BCUT2D eigenvalue weighted by Crippen LogP contribution is -2.25. The van der Waals surface area contributed by atoms with Crippen LogP contribution in [0, 0.1) is 0 Å². The van der Waals surface area contributed by atoms with Crippen molar-refractivity contribution in [1.29, 1.82) is 0 Å². The van der Waals surface area contributed by atoms with Crippen molar-refractivity contribution in [3.05, 3.63) is 18.3 Å². The lowest BCUT2D eigenvalue weighted by molar-refractivity contribution is -0.135. The van der Waals surface area contributed by atoms with Crippen LogP contribution in [0.5, 0.6) is 0 Å². The van der Waals surface area contributed by atoms with Gasteiger partial charge >= 0.3 is 6.18 Å². The molecule has 114 valence electrons. The number of hydrogen-bond acceptors (Lipinski definition) is 5. The van der Waals surface area contributed by atoms with Crippen molar-refractivity contribution in [2.75, 3.05) is 12.0 Å². The fourth-order valence-corrected chi connectivity index (χ4v) is 2.38. The highest BCUT2D eigenvalue weighted by molar-refractivity contribution is 7.89. The molecule has 1 rings (SSSR count). The zero-order valence-electron chi connectivity index (χ0n) is 10.4. The van der Waals surface area contributed by atoms with Crippen molar-refractivity contribution in [2.24, 2.45) is 5.84 Å². The first kappa shape index (κ1) is 16.7. The number of anilines is 1. The van der Waals surface area contributed by atoms with E-state index in [2.05, 4.69) is 15.1 Å². The molecule has 1 aromatic heterocycles. The Balaban J connectivity index is 2.45. The van der Waals surface area contributed by atoms with Crippen molar-refractivity contribution < 1.29 is 21.6 Å². The first-order valence-corrected chi connectivity index (χ1v) is 7.22. The van der Waals surface area contributed by atoms with Gasteiger partial charge in [0.05, 0.1) is 0 Å². The summed E-state index contributed by atoms with van der Waals surface area (Å²) in [6, 6.07) is 2.67. The second-order valence-corrected chi connectivity index (χ2v) is 5.76. The molecule has 10 heteroatoms. The molecule has 0 atom stereocenters. The van der Waals surface area contributed by atoms with Gasteiger partial charge in [0.2, 0.25) is 10.0 Å². The van der Waals surface area contributed by atoms with Crippen molar-refractivity contribution in [3.8, 4) is 0 Å². The van der Waals surface area contributed by atoms with Crippen LogP contribution in [0.3, 0.4) is 0 Å². The Morgan fingerprint density at radius 1 is 1.25 bits per heavy atom. The van der Waals surface area contributed by atoms with Crippen LogP contribution in [-0.2, 0) is 10.0 Å². The maximum Gasteiger partial charge on any atom is 0.389 e. The molecule has 0 aliphatic carbocycles. The van der Waals surface area contributed by atoms with Crippen LogP contribution in [0.2, 0.25) is 0 Å². The number of halogens is 3. The summed E-state index contributed by atoms with van der Waals surface area (Å²) in [5.74, 6) is 5.39. The maximum atomic E-state index is 11.9. The Hall–Kier alpha value is -1.39. The zero-order chi connectivity index (χ0) is 15.2. The number of nitrogen functional groups attached to an aromatic ring is 1. The standard InChI is InChI=1S/C10H15F3N4O2S/c11-10(12,13)5-1-2-6-16-20(18,19)8-3-4-9(17-14)15-7-8/h3-4,7,16H,1-2,5-6,14H2,(H,15,17). The second kappa shape index (κ2) is 6.86. The molecule has 0 aliphatic heterocycles. The van der Waals surface area contributed by atoms with Crippen molar-refractivity contribution in [2.45, 2.75) is 30.3 Å². The van der Waals surface area contributed by atoms with Crippen LogP contribution >= 0.6 is 0 Å². The second-order valence-electron chi connectivity index (χ2n) is 3.99. The Bertz CT molecular complexity index is 516. The predicted octanol–water partition coefficient (Wildman–Crippen LogP) is 1.38. The fourth-order valence-electron chi connectivity index (χ4n) is 1.36. The van der Waals surface area contributed by atoms with Crippen LogP contribution in [0.15, 0.2) is 23.2 Å². The minimum atomic E-state index is -4.21. The number of sulfonamides is 1. The fraction of sp³-hybridized carbons (Fsp3) is 0.500. The molecule has 6 nitrogen and oxygen atoms in total. The summed E-state index contributed by atoms with van der Waals surface area (Å²) in [4.78, 5) is 3.66. The maximum absolute atomic E-state index is 11.9. The van der Waals surface area contributed by atoms with Crippen molar-refractivity contribution in [3.63, 3.8) is 0 Å². The van der Waals surface area contributed by atoms with Crippen molar-refractivity contribution >= 4 is 15.8 Å². The number of nitrogens with one attached hydrogen (secondary N) is 2. The van der Waals surface area contributed by atoms with E-state index in [0.717, 1.165) is 6.20 Å². The van der Waals surface area contributed by atoms with Gasteiger partial charge in [-0.15, -0.1) is 0 Å². The molecule has 0 unspecified atom stereocenters. The highest BCUT2D eigenvalue weighted by atomic mass is 32.2. The van der Waals surface area contributed by atoms with E-state index in [0.29, 0.717) is 5.82 Å². The Morgan fingerprint density at radius 2 is 1.95 bits per heavy atom. The van der Waals surface area contributed by atoms with Gasteiger partial charge in [0.25, 0.3) is 0 Å². The lowest BCUT2D eigenvalue weighted by atomic mass is 10.2. The average molecular weight is 312 g/mol. The molecule has 20 heavy (non-hydrogen) atoms. The van der Waals surface area contributed by atoms with E-state index >= 15 is 0 Å². The molecule has 0 bridgehead atoms. The Labute approximate surface area is 114 Å². The quantitative estimate of drug-likeness (QED) is 0.401. The highest BCUT2D eigenvalue weighted by Gasteiger charge is 2.25. The van der Waals surface area contributed by atoms with E-state index < -0.39 is 22.6 Å². The van der Waals surface area contributed by atoms with Gasteiger partial charge in [-0.2, -0.15) is 13.2 Å². The smallest absolute Gasteiger partial charge is 0.308 e. The Morgan fingerprint density at radius 3 is 2.45 bits per heavy atom. The molecule has 0 saturated heterocycles. The number of aromatic nitrogens is 1. The number of rotatable bonds is 7. The minimum absolute atomic E-state index is 0.0602. The summed E-state index contributed by atoms with van der Waals surface area (Å²) in [6.07, 6.45) is -4.05. The van der Waals surface area contributed by atoms with Gasteiger partial charge in [0.15, 0.2) is 0 Å². The third kappa shape index (κ3) is 5.72. The summed E-state index contributed by atoms with van der Waals surface area (Å²) in [7, 11) is -3.76. The van der Waals surface area contributed by atoms with E-state index in [1.54, 1.807) is 0 Å². The predicted molar refractivity (Wildman–Crippen MR) is 67.1 cm³/mol. The number of pyridine rings is 1. The normalized spacial score (nSPS) is 12.4. The third-order valence-electron chi connectivity index (χ3n) is 2.37. The first-order chi connectivity index (χ1) is 9.24. The van der Waals surface area contributed by atoms with E-state index in [-0.39, 0.29) is 24.3 Å². The zero-order valence-corrected chi connectivity index (χ0v) is 11.3. The molecule has 0 aliphatic rings. The molecular formula is C10H15F3N4O2S. The monoisotopic (exact) mass is 312 g/mol. The van der Waals surface area contributed by atoms with E-state index in [4.69, 9.17) is 5.84 Å². The number of nitrogens with two attached hydrogens (primary N) is 1. The molecule has 0 amide bonds. The van der Waals surface area contributed by atoms with E-state index in [9.17, 15) is 21.6 Å². The van der Waals surface area contributed by atoms with Crippen LogP contribution < -0.4 is 16.0 Å². The molecular weight excluding hydrogens is 297 g/mol. The van der Waals surface area contributed by atoms with Crippen LogP contribution in [0.4, 0.5) is 19.0 Å². The number of nitrogens with zero attached hydrogens (tertiary/aromatic N) is 1. The SMILES string of the molecule is NNc1ccc(S(=O)(=O)NCCCCC(F)(F)F)cn1. The number of hydrazine groups is 1. The summed E-state index contributed by atoms with van der Waals surface area (Å²) in [6.45, 7) is -0.0602. The van der Waals surface area contributed by atoms with Crippen LogP contribution in [-0.4, -0.2) is 26.1 Å². The summed E-state index contributed by atoms with van der Waals surface area (Å²) < 4.78 is 61.4. The van der Waals surface area contributed by atoms with Gasteiger partial charge in [0.1, 0.15) is 10.7 Å². The van der Waals surface area contributed by atoms with Gasteiger partial charge in [-0.25, -0.2) is 24.0 Å². The van der Waals surface area contributed by atoms with Gasteiger partial charge in [-0.3, -0.25) is 0 Å².